The van der Waals surface area contributed by atoms with Crippen molar-refractivity contribution in [2.45, 2.75) is 62.7 Å². The molecule has 98 valence electrons. The quantitative estimate of drug-likeness (QED) is 0.744. The number of piperidine rings is 1. The van der Waals surface area contributed by atoms with Crippen LogP contribution in [-0.2, 0) is 9.84 Å². The molecule has 0 saturated carbocycles. The molecule has 0 spiro atoms. The summed E-state index contributed by atoms with van der Waals surface area (Å²) in [5.41, 5.74) is 5.95. The first-order chi connectivity index (χ1) is 7.90. The molecule has 3 saturated heterocycles. The van der Waals surface area contributed by atoms with Gasteiger partial charge >= 0.3 is 0 Å². The second-order valence-electron chi connectivity index (χ2n) is 6.36. The lowest BCUT2D eigenvalue weighted by Gasteiger charge is -2.47. The molecule has 0 aromatic heterocycles. The predicted octanol–water partition coefficient (Wildman–Crippen LogP) is 0.518. The van der Waals surface area contributed by atoms with Gasteiger partial charge in [-0.15, -0.1) is 0 Å². The first-order valence-electron chi connectivity index (χ1n) is 6.64. The van der Waals surface area contributed by atoms with E-state index in [0.29, 0.717) is 29.6 Å². The summed E-state index contributed by atoms with van der Waals surface area (Å²) in [4.78, 5) is 2.51. The first-order valence-corrected chi connectivity index (χ1v) is 8.46. The highest BCUT2D eigenvalue weighted by atomic mass is 32.2. The van der Waals surface area contributed by atoms with E-state index in [1.807, 2.05) is 0 Å². The van der Waals surface area contributed by atoms with Crippen LogP contribution in [0.4, 0.5) is 0 Å². The van der Waals surface area contributed by atoms with Crippen LogP contribution in [0.1, 0.15) is 39.0 Å². The Hall–Kier alpha value is -0.130. The summed E-state index contributed by atoms with van der Waals surface area (Å²) < 4.78 is 23.5. The van der Waals surface area contributed by atoms with Gasteiger partial charge in [0.1, 0.15) is 0 Å². The van der Waals surface area contributed by atoms with Crippen LogP contribution in [0, 0.1) is 0 Å². The molecule has 3 aliphatic rings. The zero-order chi connectivity index (χ0) is 12.3. The highest BCUT2D eigenvalue weighted by molar-refractivity contribution is 7.91. The Bertz CT molecular complexity index is 408. The van der Waals surface area contributed by atoms with Crippen molar-refractivity contribution in [1.82, 2.24) is 4.90 Å². The van der Waals surface area contributed by atoms with Crippen molar-refractivity contribution < 1.29 is 8.42 Å². The Labute approximate surface area is 103 Å². The molecule has 3 aliphatic heterocycles. The molecule has 5 heteroatoms. The van der Waals surface area contributed by atoms with E-state index in [1.165, 1.54) is 12.8 Å². The summed E-state index contributed by atoms with van der Waals surface area (Å²) in [5.74, 6) is 0.716. The maximum Gasteiger partial charge on any atom is 0.152 e. The molecule has 3 atom stereocenters. The number of fused-ring (bicyclic) bond motifs is 2. The molecule has 3 heterocycles. The lowest BCUT2D eigenvalue weighted by atomic mass is 9.89. The lowest BCUT2D eigenvalue weighted by Crippen LogP contribution is -2.58. The van der Waals surface area contributed by atoms with Crippen molar-refractivity contribution in [3.8, 4) is 0 Å². The van der Waals surface area contributed by atoms with Gasteiger partial charge < -0.3 is 5.73 Å². The number of hydrogen-bond donors (Lipinski definition) is 1. The Morgan fingerprint density at radius 1 is 1.24 bits per heavy atom. The van der Waals surface area contributed by atoms with E-state index >= 15 is 0 Å². The summed E-state index contributed by atoms with van der Waals surface area (Å²) >= 11 is 0. The lowest BCUT2D eigenvalue weighted by molar-refractivity contribution is 0.0301. The first kappa shape index (κ1) is 11.9. The molecular formula is C12H22N2O2S. The summed E-state index contributed by atoms with van der Waals surface area (Å²) in [7, 11) is -2.81. The van der Waals surface area contributed by atoms with E-state index in [-0.39, 0.29) is 5.54 Å². The van der Waals surface area contributed by atoms with Crippen LogP contribution in [0.2, 0.25) is 0 Å². The van der Waals surface area contributed by atoms with E-state index in [9.17, 15) is 8.42 Å². The predicted molar refractivity (Wildman–Crippen MR) is 67.5 cm³/mol. The maximum absolute atomic E-state index is 11.7. The minimum Gasteiger partial charge on any atom is -0.328 e. The average Bonchev–Trinajstić information content (AvgIpc) is 2.64. The summed E-state index contributed by atoms with van der Waals surface area (Å²) in [6.45, 7) is 2.14. The van der Waals surface area contributed by atoms with Crippen LogP contribution in [0.3, 0.4) is 0 Å². The number of nitrogens with zero attached hydrogens (tertiary/aromatic N) is 1. The average molecular weight is 258 g/mol. The number of rotatable bonds is 1. The maximum atomic E-state index is 11.7. The second kappa shape index (κ2) is 3.68. The van der Waals surface area contributed by atoms with Gasteiger partial charge in [-0.1, -0.05) is 0 Å². The summed E-state index contributed by atoms with van der Waals surface area (Å²) in [6, 6.07) is 1.38. The van der Waals surface area contributed by atoms with Gasteiger partial charge in [0.15, 0.2) is 9.84 Å². The molecule has 3 unspecified atom stereocenters. The third kappa shape index (κ3) is 1.92. The van der Waals surface area contributed by atoms with Gasteiger partial charge in [0.2, 0.25) is 0 Å². The highest BCUT2D eigenvalue weighted by Crippen LogP contribution is 2.43. The van der Waals surface area contributed by atoms with Crippen LogP contribution in [0.15, 0.2) is 0 Å². The monoisotopic (exact) mass is 258 g/mol. The topological polar surface area (TPSA) is 63.4 Å². The molecule has 3 fully saturated rings. The zero-order valence-corrected chi connectivity index (χ0v) is 11.2. The third-order valence-corrected chi connectivity index (χ3v) is 6.76. The molecule has 3 rings (SSSR count). The molecule has 2 bridgehead atoms. The van der Waals surface area contributed by atoms with Crippen LogP contribution in [0.5, 0.6) is 0 Å². The van der Waals surface area contributed by atoms with E-state index in [0.717, 1.165) is 19.3 Å². The molecule has 0 aromatic rings. The number of hydrogen-bond acceptors (Lipinski definition) is 4. The van der Waals surface area contributed by atoms with E-state index in [1.54, 1.807) is 0 Å². The minimum absolute atomic E-state index is 0.120. The van der Waals surface area contributed by atoms with Crippen LogP contribution in [0.25, 0.3) is 0 Å². The fourth-order valence-corrected chi connectivity index (χ4v) is 6.43. The second-order valence-corrected chi connectivity index (χ2v) is 8.55. The van der Waals surface area contributed by atoms with E-state index in [4.69, 9.17) is 5.73 Å². The molecule has 0 amide bonds. The van der Waals surface area contributed by atoms with Gasteiger partial charge in [-0.3, -0.25) is 4.90 Å². The molecule has 17 heavy (non-hydrogen) atoms. The van der Waals surface area contributed by atoms with Gasteiger partial charge in [-0.25, -0.2) is 8.42 Å². The van der Waals surface area contributed by atoms with Gasteiger partial charge in [-0.05, 0) is 39.0 Å². The van der Waals surface area contributed by atoms with Crippen molar-refractivity contribution >= 4 is 9.84 Å². The van der Waals surface area contributed by atoms with E-state index < -0.39 is 9.84 Å². The smallest absolute Gasteiger partial charge is 0.152 e. The molecular weight excluding hydrogens is 236 g/mol. The third-order valence-electron chi connectivity index (χ3n) is 4.88. The van der Waals surface area contributed by atoms with Gasteiger partial charge in [0.25, 0.3) is 0 Å². The van der Waals surface area contributed by atoms with Crippen molar-refractivity contribution in [3.63, 3.8) is 0 Å². The normalized spacial score (nSPS) is 49.6. The van der Waals surface area contributed by atoms with Gasteiger partial charge in [-0.2, -0.15) is 0 Å². The summed E-state index contributed by atoms with van der Waals surface area (Å²) in [5, 5.41) is 0. The van der Waals surface area contributed by atoms with Gasteiger partial charge in [0.05, 0.1) is 11.5 Å². The Kier molecular flexibility index (Phi) is 2.58. The number of nitrogens with two attached hydrogens (primary N) is 1. The largest absolute Gasteiger partial charge is 0.328 e. The Balaban J connectivity index is 1.86. The Morgan fingerprint density at radius 2 is 1.82 bits per heavy atom. The van der Waals surface area contributed by atoms with Gasteiger partial charge in [0, 0.05) is 23.7 Å². The SMILES string of the molecule is CC1(N2C3CCC2CC(N)C3)CCS(=O)(=O)C1. The fourth-order valence-electron chi connectivity index (χ4n) is 4.30. The van der Waals surface area contributed by atoms with Crippen molar-refractivity contribution in [1.29, 1.82) is 0 Å². The summed E-state index contributed by atoms with van der Waals surface area (Å²) in [6.07, 6.45) is 5.30. The molecule has 4 nitrogen and oxygen atoms in total. The fraction of sp³-hybridized carbons (Fsp3) is 1.00. The van der Waals surface area contributed by atoms with Crippen LogP contribution < -0.4 is 5.73 Å². The molecule has 0 aromatic carbocycles. The number of sulfone groups is 1. The Morgan fingerprint density at radius 3 is 2.29 bits per heavy atom. The molecule has 0 radical (unpaired) electrons. The highest BCUT2D eigenvalue weighted by Gasteiger charge is 2.52. The molecule has 2 N–H and O–H groups in total. The zero-order valence-electron chi connectivity index (χ0n) is 10.4. The van der Waals surface area contributed by atoms with Crippen molar-refractivity contribution in [2.24, 2.45) is 5.73 Å². The van der Waals surface area contributed by atoms with E-state index in [2.05, 4.69) is 11.8 Å². The van der Waals surface area contributed by atoms with Crippen molar-refractivity contribution in [3.05, 3.63) is 0 Å². The van der Waals surface area contributed by atoms with Crippen molar-refractivity contribution in [2.75, 3.05) is 11.5 Å². The minimum atomic E-state index is -2.81. The van der Waals surface area contributed by atoms with Crippen LogP contribution >= 0.6 is 0 Å². The molecule has 0 aliphatic carbocycles. The van der Waals surface area contributed by atoms with Crippen LogP contribution in [-0.4, -0.2) is 48.5 Å². The standard InChI is InChI=1S/C12H22N2O2S/c1-12(4-5-17(15,16)8-12)14-10-2-3-11(14)7-9(13)6-10/h9-11H,2-8,13H2,1H3.